The molecule has 0 saturated carbocycles. The predicted molar refractivity (Wildman–Crippen MR) is 114 cm³/mol. The molecule has 0 spiro atoms. The van der Waals surface area contributed by atoms with Crippen LogP contribution in [0.2, 0.25) is 0 Å². The first-order valence-corrected chi connectivity index (χ1v) is 9.92. The number of phenols is 1. The highest BCUT2D eigenvalue weighted by atomic mass is 16.5. The monoisotopic (exact) mass is 419 g/mol. The maximum Gasteiger partial charge on any atom is 0.162 e. The van der Waals surface area contributed by atoms with Gasteiger partial charge in [-0.1, -0.05) is 17.3 Å². The highest BCUT2D eigenvalue weighted by Crippen LogP contribution is 2.30. The number of anilines is 1. The number of nitrogens with zero attached hydrogens (tertiary/aromatic N) is 6. The topological polar surface area (TPSA) is 122 Å². The van der Waals surface area contributed by atoms with Crippen LogP contribution in [0.25, 0.3) is 33.7 Å². The first-order valence-electron chi connectivity index (χ1n) is 9.92. The standard InChI is InChI=1S/C21H21N7O3/c1-30-12-17-18(26-27-25-17)14-10-16-19(22-11-14)21(28-5-7-31-8-6-28)24-20(23-16)13-3-2-4-15(29)9-13/h2-4,9-11,29H,5-8,12H2,1H3,(H,25,26,27). The second-order valence-corrected chi connectivity index (χ2v) is 7.18. The number of hydrogen-bond acceptors (Lipinski definition) is 9. The minimum atomic E-state index is 0.161. The van der Waals surface area contributed by atoms with E-state index in [2.05, 4.69) is 20.3 Å². The Labute approximate surface area is 177 Å². The van der Waals surface area contributed by atoms with Gasteiger partial charge in [-0.05, 0) is 18.2 Å². The molecule has 5 rings (SSSR count). The molecule has 0 aliphatic carbocycles. The lowest BCUT2D eigenvalue weighted by atomic mass is 10.1. The van der Waals surface area contributed by atoms with Gasteiger partial charge in [0.1, 0.15) is 17.0 Å². The van der Waals surface area contributed by atoms with Crippen LogP contribution in [-0.4, -0.2) is 68.9 Å². The van der Waals surface area contributed by atoms with E-state index in [-0.39, 0.29) is 5.75 Å². The Morgan fingerprint density at radius 2 is 2.03 bits per heavy atom. The Balaban J connectivity index is 1.68. The molecule has 1 fully saturated rings. The Hall–Kier alpha value is -3.63. The van der Waals surface area contributed by atoms with Crippen molar-refractivity contribution in [3.05, 3.63) is 42.2 Å². The molecule has 0 radical (unpaired) electrons. The number of aromatic nitrogens is 6. The maximum atomic E-state index is 9.93. The van der Waals surface area contributed by atoms with Gasteiger partial charge >= 0.3 is 0 Å². The van der Waals surface area contributed by atoms with Crippen LogP contribution in [0.1, 0.15) is 5.69 Å². The highest BCUT2D eigenvalue weighted by Gasteiger charge is 2.20. The third kappa shape index (κ3) is 3.78. The number of aromatic hydroxyl groups is 1. The fourth-order valence-electron chi connectivity index (χ4n) is 3.63. The van der Waals surface area contributed by atoms with Gasteiger partial charge in [0.15, 0.2) is 11.6 Å². The molecular formula is C21H21N7O3. The Morgan fingerprint density at radius 1 is 1.16 bits per heavy atom. The molecule has 0 amide bonds. The number of rotatable bonds is 5. The van der Waals surface area contributed by atoms with E-state index >= 15 is 0 Å². The van der Waals surface area contributed by atoms with E-state index in [4.69, 9.17) is 24.4 Å². The molecule has 1 saturated heterocycles. The first kappa shape index (κ1) is 19.3. The number of H-pyrrole nitrogens is 1. The van der Waals surface area contributed by atoms with Gasteiger partial charge in [0.2, 0.25) is 0 Å². The van der Waals surface area contributed by atoms with Gasteiger partial charge in [0.25, 0.3) is 0 Å². The molecule has 1 aliphatic heterocycles. The van der Waals surface area contributed by atoms with E-state index in [1.165, 1.54) is 0 Å². The van der Waals surface area contributed by atoms with Crippen LogP contribution in [0.3, 0.4) is 0 Å². The summed E-state index contributed by atoms with van der Waals surface area (Å²) in [6.07, 6.45) is 1.76. The summed E-state index contributed by atoms with van der Waals surface area (Å²) in [7, 11) is 1.61. The van der Waals surface area contributed by atoms with E-state index < -0.39 is 0 Å². The minimum Gasteiger partial charge on any atom is -0.508 e. The normalized spacial score (nSPS) is 14.3. The summed E-state index contributed by atoms with van der Waals surface area (Å²) in [5.41, 5.74) is 4.35. The molecule has 10 heteroatoms. The van der Waals surface area contributed by atoms with Crippen molar-refractivity contribution >= 4 is 16.9 Å². The molecule has 4 aromatic rings. The van der Waals surface area contributed by atoms with Crippen molar-refractivity contribution in [2.45, 2.75) is 6.61 Å². The van der Waals surface area contributed by atoms with Crippen LogP contribution in [0.5, 0.6) is 5.75 Å². The summed E-state index contributed by atoms with van der Waals surface area (Å²) in [6, 6.07) is 8.85. The fraction of sp³-hybridized carbons (Fsp3) is 0.286. The lowest BCUT2D eigenvalue weighted by Crippen LogP contribution is -2.37. The van der Waals surface area contributed by atoms with Gasteiger partial charge in [-0.15, -0.1) is 5.10 Å². The average Bonchev–Trinajstić information content (AvgIpc) is 3.27. The molecule has 0 unspecified atom stereocenters. The van der Waals surface area contributed by atoms with E-state index in [1.54, 1.807) is 31.5 Å². The van der Waals surface area contributed by atoms with Crippen LogP contribution < -0.4 is 4.90 Å². The highest BCUT2D eigenvalue weighted by molar-refractivity contribution is 5.90. The molecule has 4 heterocycles. The fourth-order valence-corrected chi connectivity index (χ4v) is 3.63. The van der Waals surface area contributed by atoms with Crippen molar-refractivity contribution in [2.24, 2.45) is 0 Å². The summed E-state index contributed by atoms with van der Waals surface area (Å²) >= 11 is 0. The van der Waals surface area contributed by atoms with E-state index in [0.29, 0.717) is 42.4 Å². The Bertz CT molecular complexity index is 1220. The molecule has 10 nitrogen and oxygen atoms in total. The molecule has 0 bridgehead atoms. The molecule has 158 valence electrons. The van der Waals surface area contributed by atoms with Crippen LogP contribution >= 0.6 is 0 Å². The van der Waals surface area contributed by atoms with Crippen LogP contribution in [0.4, 0.5) is 5.82 Å². The molecule has 31 heavy (non-hydrogen) atoms. The number of morpholine rings is 1. The van der Waals surface area contributed by atoms with Crippen molar-refractivity contribution in [2.75, 3.05) is 38.3 Å². The summed E-state index contributed by atoms with van der Waals surface area (Å²) in [4.78, 5) is 16.4. The zero-order chi connectivity index (χ0) is 21.2. The summed E-state index contributed by atoms with van der Waals surface area (Å²) in [5, 5.41) is 20.8. The zero-order valence-corrected chi connectivity index (χ0v) is 16.9. The molecule has 1 aromatic carbocycles. The van der Waals surface area contributed by atoms with Crippen molar-refractivity contribution < 1.29 is 14.6 Å². The molecule has 3 aromatic heterocycles. The number of phenolic OH excluding ortho intramolecular Hbond substituents is 1. The number of hydrogen-bond donors (Lipinski definition) is 2. The summed E-state index contributed by atoms with van der Waals surface area (Å²) in [5.74, 6) is 1.43. The Kier molecular flexibility index (Phi) is 5.14. The third-order valence-corrected chi connectivity index (χ3v) is 5.12. The first-order chi connectivity index (χ1) is 15.2. The van der Waals surface area contributed by atoms with E-state index in [1.807, 2.05) is 12.1 Å². The molecule has 2 N–H and O–H groups in total. The number of ether oxygens (including phenoxy) is 2. The molecule has 0 atom stereocenters. The number of fused-ring (bicyclic) bond motifs is 1. The SMILES string of the molecule is COCc1nn[nH]c1-c1cnc2c(N3CCOCC3)nc(-c3cccc(O)c3)nc2c1. The van der Waals surface area contributed by atoms with Crippen molar-refractivity contribution in [3.8, 4) is 28.4 Å². The smallest absolute Gasteiger partial charge is 0.162 e. The Morgan fingerprint density at radius 3 is 2.84 bits per heavy atom. The molecular weight excluding hydrogens is 398 g/mol. The van der Waals surface area contributed by atoms with Crippen molar-refractivity contribution in [1.29, 1.82) is 0 Å². The van der Waals surface area contributed by atoms with Crippen LogP contribution in [0.15, 0.2) is 36.5 Å². The van der Waals surface area contributed by atoms with Crippen LogP contribution in [-0.2, 0) is 16.1 Å². The van der Waals surface area contributed by atoms with Gasteiger partial charge in [0.05, 0.1) is 31.0 Å². The summed E-state index contributed by atoms with van der Waals surface area (Å²) in [6.45, 7) is 3.03. The van der Waals surface area contributed by atoms with E-state index in [0.717, 1.165) is 35.7 Å². The maximum absolute atomic E-state index is 9.93. The zero-order valence-electron chi connectivity index (χ0n) is 16.9. The number of pyridine rings is 1. The molecule has 1 aliphatic rings. The average molecular weight is 419 g/mol. The number of methoxy groups -OCH3 is 1. The number of aromatic amines is 1. The van der Waals surface area contributed by atoms with Gasteiger partial charge in [-0.3, -0.25) is 5.10 Å². The van der Waals surface area contributed by atoms with Gasteiger partial charge in [-0.2, -0.15) is 0 Å². The second-order valence-electron chi connectivity index (χ2n) is 7.18. The van der Waals surface area contributed by atoms with Gasteiger partial charge in [-0.25, -0.2) is 15.0 Å². The van der Waals surface area contributed by atoms with Crippen molar-refractivity contribution in [1.82, 2.24) is 30.4 Å². The second kappa shape index (κ2) is 8.25. The van der Waals surface area contributed by atoms with Crippen molar-refractivity contribution in [3.63, 3.8) is 0 Å². The lowest BCUT2D eigenvalue weighted by Gasteiger charge is -2.28. The number of benzene rings is 1. The predicted octanol–water partition coefficient (Wildman–Crippen LogP) is 2.17. The largest absolute Gasteiger partial charge is 0.508 e. The van der Waals surface area contributed by atoms with E-state index in [9.17, 15) is 5.11 Å². The third-order valence-electron chi connectivity index (χ3n) is 5.12. The van der Waals surface area contributed by atoms with Gasteiger partial charge < -0.3 is 19.5 Å². The summed E-state index contributed by atoms with van der Waals surface area (Å²) < 4.78 is 10.7. The van der Waals surface area contributed by atoms with Gasteiger partial charge in [0, 0.05) is 37.5 Å². The van der Waals surface area contributed by atoms with Crippen LogP contribution in [0, 0.1) is 0 Å². The minimum absolute atomic E-state index is 0.161. The lowest BCUT2D eigenvalue weighted by molar-refractivity contribution is 0.122. The quantitative estimate of drug-likeness (QED) is 0.501. The number of nitrogens with one attached hydrogen (secondary N) is 1.